The van der Waals surface area contributed by atoms with Gasteiger partial charge in [0.2, 0.25) is 5.22 Å². The lowest BCUT2D eigenvalue weighted by atomic mass is 10.3. The zero-order valence-electron chi connectivity index (χ0n) is 8.03. The predicted molar refractivity (Wildman–Crippen MR) is 52.4 cm³/mol. The fraction of sp³-hybridized carbons (Fsp3) is 0.444. The zero-order valence-corrected chi connectivity index (χ0v) is 8.78. The number of carbonyl (C=O) groups is 1. The molecule has 78 valence electrons. The Balaban J connectivity index is 2.71. The molecule has 1 rings (SSSR count). The molecule has 4 nitrogen and oxygen atoms in total. The van der Waals surface area contributed by atoms with Crippen molar-refractivity contribution in [1.29, 1.82) is 0 Å². The molecule has 1 aromatic rings. The molecule has 0 spiro atoms. The van der Waals surface area contributed by atoms with Gasteiger partial charge in [0.25, 0.3) is 5.91 Å². The van der Waals surface area contributed by atoms with E-state index in [0.717, 1.165) is 0 Å². The van der Waals surface area contributed by atoms with E-state index in [0.29, 0.717) is 5.56 Å². The van der Waals surface area contributed by atoms with Crippen molar-refractivity contribution in [2.24, 2.45) is 0 Å². The summed E-state index contributed by atoms with van der Waals surface area (Å²) in [4.78, 5) is 13.0. The number of rotatable bonds is 3. The van der Waals surface area contributed by atoms with Crippen molar-refractivity contribution in [2.45, 2.75) is 13.0 Å². The van der Waals surface area contributed by atoms with Crippen molar-refractivity contribution in [1.82, 2.24) is 4.90 Å². The predicted octanol–water partition coefficient (Wildman–Crippen LogP) is 1.39. The second-order valence-corrected chi connectivity index (χ2v) is 3.49. The van der Waals surface area contributed by atoms with Crippen molar-refractivity contribution in [2.75, 3.05) is 13.6 Å². The van der Waals surface area contributed by atoms with Gasteiger partial charge in [0.15, 0.2) is 0 Å². The van der Waals surface area contributed by atoms with Crippen LogP contribution in [-0.2, 0) is 0 Å². The van der Waals surface area contributed by atoms with Crippen LogP contribution in [0.5, 0.6) is 0 Å². The minimum Gasteiger partial charge on any atom is -0.452 e. The van der Waals surface area contributed by atoms with E-state index in [1.165, 1.54) is 17.2 Å². The van der Waals surface area contributed by atoms with Crippen LogP contribution >= 0.6 is 11.6 Å². The Morgan fingerprint density at radius 3 is 2.86 bits per heavy atom. The maximum Gasteiger partial charge on any atom is 0.258 e. The first-order valence-electron chi connectivity index (χ1n) is 4.19. The van der Waals surface area contributed by atoms with Crippen molar-refractivity contribution >= 4 is 17.5 Å². The number of nitrogens with zero attached hydrogens (tertiary/aromatic N) is 1. The second kappa shape index (κ2) is 4.48. The highest BCUT2D eigenvalue weighted by Gasteiger charge is 2.17. The second-order valence-electron chi connectivity index (χ2n) is 3.14. The van der Waals surface area contributed by atoms with E-state index in [2.05, 4.69) is 0 Å². The molecule has 0 aliphatic heterocycles. The molecule has 1 amide bonds. The lowest BCUT2D eigenvalue weighted by molar-refractivity contribution is 0.0703. The summed E-state index contributed by atoms with van der Waals surface area (Å²) in [5.41, 5.74) is 0.315. The van der Waals surface area contributed by atoms with Crippen LogP contribution in [0.15, 0.2) is 16.7 Å². The number of halogens is 1. The van der Waals surface area contributed by atoms with Gasteiger partial charge >= 0.3 is 0 Å². The van der Waals surface area contributed by atoms with E-state index in [4.69, 9.17) is 21.1 Å². The van der Waals surface area contributed by atoms with Crippen LogP contribution in [0, 0.1) is 0 Å². The molecule has 0 saturated heterocycles. The molecule has 0 radical (unpaired) electrons. The van der Waals surface area contributed by atoms with Crippen LogP contribution in [0.1, 0.15) is 17.3 Å². The minimum atomic E-state index is -0.561. The summed E-state index contributed by atoms with van der Waals surface area (Å²) in [6.07, 6.45) is 0.792. The topological polar surface area (TPSA) is 53.7 Å². The van der Waals surface area contributed by atoms with Crippen LogP contribution in [0.2, 0.25) is 5.22 Å². The summed E-state index contributed by atoms with van der Waals surface area (Å²) in [7, 11) is 1.60. The monoisotopic (exact) mass is 217 g/mol. The van der Waals surface area contributed by atoms with Gasteiger partial charge in [-0.3, -0.25) is 4.79 Å². The van der Waals surface area contributed by atoms with Gasteiger partial charge in [-0.25, -0.2) is 0 Å². The van der Waals surface area contributed by atoms with Gasteiger partial charge in [0.05, 0.1) is 17.9 Å². The summed E-state index contributed by atoms with van der Waals surface area (Å²) >= 11 is 5.64. The van der Waals surface area contributed by atoms with Gasteiger partial charge in [-0.15, -0.1) is 0 Å². The molecule has 0 aliphatic rings. The van der Waals surface area contributed by atoms with Crippen LogP contribution in [0.25, 0.3) is 0 Å². The van der Waals surface area contributed by atoms with Gasteiger partial charge in [0.1, 0.15) is 0 Å². The van der Waals surface area contributed by atoms with Crippen molar-refractivity contribution in [3.05, 3.63) is 23.1 Å². The fourth-order valence-corrected chi connectivity index (χ4v) is 1.33. The lowest BCUT2D eigenvalue weighted by Gasteiger charge is -2.17. The summed E-state index contributed by atoms with van der Waals surface area (Å²) in [5.74, 6) is -0.260. The van der Waals surface area contributed by atoms with E-state index in [9.17, 15) is 4.79 Å². The van der Waals surface area contributed by atoms with Gasteiger partial charge < -0.3 is 14.4 Å². The number of likely N-dealkylation sites (N-methyl/N-ethyl adjacent to an activating group) is 1. The van der Waals surface area contributed by atoms with Gasteiger partial charge in [-0.2, -0.15) is 0 Å². The molecule has 0 aromatic carbocycles. The van der Waals surface area contributed by atoms with Crippen LogP contribution in [-0.4, -0.2) is 35.6 Å². The largest absolute Gasteiger partial charge is 0.452 e. The highest BCUT2D eigenvalue weighted by atomic mass is 35.5. The summed E-state index contributed by atoms with van der Waals surface area (Å²) < 4.78 is 4.80. The van der Waals surface area contributed by atoms with Crippen molar-refractivity contribution < 1.29 is 14.3 Å². The van der Waals surface area contributed by atoms with E-state index in [1.807, 2.05) is 0 Å². The van der Waals surface area contributed by atoms with Crippen molar-refractivity contribution in [3.8, 4) is 0 Å². The van der Waals surface area contributed by atoms with Crippen LogP contribution < -0.4 is 0 Å². The third-order valence-electron chi connectivity index (χ3n) is 1.73. The van der Waals surface area contributed by atoms with Gasteiger partial charge in [-0.05, 0) is 24.6 Å². The Labute approximate surface area is 87.1 Å². The standard InChI is InChI=1S/C9H12ClNO3/c1-6(12)5-11(2)9(13)7-3-4-14-8(7)10/h3-4,6,12H,5H2,1-2H3. The Morgan fingerprint density at radius 2 is 2.43 bits per heavy atom. The lowest BCUT2D eigenvalue weighted by Crippen LogP contribution is -2.32. The molecule has 1 unspecified atom stereocenters. The molecule has 0 aliphatic carbocycles. The zero-order chi connectivity index (χ0) is 10.7. The normalized spacial score (nSPS) is 12.6. The van der Waals surface area contributed by atoms with Crippen molar-refractivity contribution in [3.63, 3.8) is 0 Å². The third kappa shape index (κ3) is 2.49. The number of carbonyl (C=O) groups excluding carboxylic acids is 1. The molecule has 1 heterocycles. The molecule has 14 heavy (non-hydrogen) atoms. The minimum absolute atomic E-state index is 0.0763. The van der Waals surface area contributed by atoms with Crippen LogP contribution in [0.4, 0.5) is 0 Å². The molecular weight excluding hydrogens is 206 g/mol. The Bertz CT molecular complexity index is 322. The van der Waals surface area contributed by atoms with E-state index >= 15 is 0 Å². The van der Waals surface area contributed by atoms with Gasteiger partial charge in [0, 0.05) is 13.6 Å². The highest BCUT2D eigenvalue weighted by molar-refractivity contribution is 6.32. The molecule has 1 N–H and O–H groups in total. The summed E-state index contributed by atoms with van der Waals surface area (Å²) in [5, 5.41) is 9.16. The molecule has 0 fully saturated rings. The van der Waals surface area contributed by atoms with Gasteiger partial charge in [-0.1, -0.05) is 0 Å². The first-order valence-corrected chi connectivity index (χ1v) is 4.56. The first kappa shape index (κ1) is 11.1. The maximum atomic E-state index is 11.6. The molecular formula is C9H12ClNO3. The molecule has 0 bridgehead atoms. The smallest absolute Gasteiger partial charge is 0.258 e. The Kier molecular flexibility index (Phi) is 3.55. The van der Waals surface area contributed by atoms with E-state index in [-0.39, 0.29) is 17.7 Å². The highest BCUT2D eigenvalue weighted by Crippen LogP contribution is 2.18. The third-order valence-corrected chi connectivity index (χ3v) is 2.03. The molecule has 1 atom stereocenters. The van der Waals surface area contributed by atoms with Crippen LogP contribution in [0.3, 0.4) is 0 Å². The van der Waals surface area contributed by atoms with E-state index < -0.39 is 6.10 Å². The number of aliphatic hydroxyl groups excluding tert-OH is 1. The Morgan fingerprint density at radius 1 is 1.79 bits per heavy atom. The van der Waals surface area contributed by atoms with E-state index in [1.54, 1.807) is 14.0 Å². The number of amides is 1. The first-order chi connectivity index (χ1) is 6.52. The number of hydrogen-bond donors (Lipinski definition) is 1. The maximum absolute atomic E-state index is 11.6. The average Bonchev–Trinajstić information content (AvgIpc) is 2.48. The number of aliphatic hydroxyl groups is 1. The number of hydrogen-bond acceptors (Lipinski definition) is 3. The quantitative estimate of drug-likeness (QED) is 0.833. The average molecular weight is 218 g/mol. The molecule has 5 heteroatoms. The Hall–Kier alpha value is -1.00. The molecule has 0 saturated carbocycles. The molecule has 1 aromatic heterocycles. The summed E-state index contributed by atoms with van der Waals surface area (Å²) in [6.45, 7) is 1.88. The summed E-state index contributed by atoms with van der Waals surface area (Å²) in [6, 6.07) is 1.50. The number of furan rings is 1. The fourth-order valence-electron chi connectivity index (χ4n) is 1.13. The SMILES string of the molecule is CC(O)CN(C)C(=O)c1ccoc1Cl.